The van der Waals surface area contributed by atoms with Gasteiger partial charge in [0.25, 0.3) is 0 Å². The Labute approximate surface area is 96.9 Å². The lowest BCUT2D eigenvalue weighted by Gasteiger charge is -2.24. The minimum Gasteiger partial charge on any atom is -0.376 e. The molecule has 94 valence electrons. The van der Waals surface area contributed by atoms with E-state index in [-0.39, 0.29) is 17.6 Å². The number of amides is 1. The van der Waals surface area contributed by atoms with Gasteiger partial charge in [-0.15, -0.1) is 0 Å². The number of carbonyl (C=O) groups excluding carboxylic acids is 1. The van der Waals surface area contributed by atoms with Crippen molar-refractivity contribution >= 4 is 5.91 Å². The van der Waals surface area contributed by atoms with Crippen molar-refractivity contribution in [1.82, 2.24) is 10.6 Å². The van der Waals surface area contributed by atoms with Crippen molar-refractivity contribution in [1.29, 1.82) is 0 Å². The molecule has 1 atom stereocenters. The summed E-state index contributed by atoms with van der Waals surface area (Å²) < 4.78 is 10.7. The molecule has 0 aliphatic carbocycles. The molecule has 0 bridgehead atoms. The van der Waals surface area contributed by atoms with Crippen LogP contribution < -0.4 is 10.6 Å². The quantitative estimate of drug-likeness (QED) is 0.708. The predicted octanol–water partition coefficient (Wildman–Crippen LogP) is -0.0939. The maximum atomic E-state index is 11.5. The van der Waals surface area contributed by atoms with E-state index in [1.54, 1.807) is 0 Å². The topological polar surface area (TPSA) is 59.6 Å². The van der Waals surface area contributed by atoms with E-state index in [9.17, 15) is 4.79 Å². The Morgan fingerprint density at radius 3 is 2.69 bits per heavy atom. The van der Waals surface area contributed by atoms with E-state index in [4.69, 9.17) is 9.47 Å². The van der Waals surface area contributed by atoms with Crippen LogP contribution in [0.1, 0.15) is 20.8 Å². The number of rotatable bonds is 4. The van der Waals surface area contributed by atoms with E-state index in [1.165, 1.54) is 0 Å². The highest BCUT2D eigenvalue weighted by atomic mass is 16.6. The van der Waals surface area contributed by atoms with Crippen molar-refractivity contribution in [2.24, 2.45) is 0 Å². The van der Waals surface area contributed by atoms with Crippen LogP contribution in [0.2, 0.25) is 0 Å². The smallest absolute Gasteiger partial charge is 0.234 e. The molecule has 16 heavy (non-hydrogen) atoms. The Hall–Kier alpha value is -0.650. The monoisotopic (exact) mass is 230 g/mol. The summed E-state index contributed by atoms with van der Waals surface area (Å²) in [5, 5.41) is 5.94. The van der Waals surface area contributed by atoms with Gasteiger partial charge >= 0.3 is 0 Å². The molecule has 0 radical (unpaired) electrons. The van der Waals surface area contributed by atoms with Crippen LogP contribution in [0.5, 0.6) is 0 Å². The fourth-order valence-corrected chi connectivity index (χ4v) is 1.29. The van der Waals surface area contributed by atoms with Crippen LogP contribution in [-0.2, 0) is 14.3 Å². The molecule has 0 spiro atoms. The normalized spacial score (nSPS) is 21.8. The number of ether oxygens (including phenoxy) is 2. The Balaban J connectivity index is 2.09. The Bertz CT molecular complexity index is 220. The number of carbonyl (C=O) groups is 1. The fourth-order valence-electron chi connectivity index (χ4n) is 1.29. The second-order valence-corrected chi connectivity index (χ2v) is 4.98. The van der Waals surface area contributed by atoms with Gasteiger partial charge in [-0.1, -0.05) is 0 Å². The van der Waals surface area contributed by atoms with E-state index >= 15 is 0 Å². The molecule has 1 saturated heterocycles. The molecule has 1 rings (SSSR count). The Morgan fingerprint density at radius 2 is 2.12 bits per heavy atom. The summed E-state index contributed by atoms with van der Waals surface area (Å²) in [6.07, 6.45) is -0.00710. The zero-order chi connectivity index (χ0) is 12.0. The van der Waals surface area contributed by atoms with E-state index in [0.717, 1.165) is 0 Å². The number of hydrogen-bond donors (Lipinski definition) is 2. The zero-order valence-corrected chi connectivity index (χ0v) is 10.3. The van der Waals surface area contributed by atoms with Gasteiger partial charge < -0.3 is 20.1 Å². The summed E-state index contributed by atoms with van der Waals surface area (Å²) >= 11 is 0. The molecule has 1 amide bonds. The lowest BCUT2D eigenvalue weighted by Crippen LogP contribution is -2.46. The van der Waals surface area contributed by atoms with Gasteiger partial charge in [0, 0.05) is 12.1 Å². The summed E-state index contributed by atoms with van der Waals surface area (Å²) in [6.45, 7) is 8.75. The van der Waals surface area contributed by atoms with Crippen LogP contribution in [0, 0.1) is 0 Å². The molecular formula is C11H22N2O3. The third kappa shape index (κ3) is 6.05. The maximum Gasteiger partial charge on any atom is 0.234 e. The maximum absolute atomic E-state index is 11.5. The second kappa shape index (κ2) is 6.18. The highest BCUT2D eigenvalue weighted by Gasteiger charge is 2.16. The van der Waals surface area contributed by atoms with Crippen molar-refractivity contribution in [3.63, 3.8) is 0 Å². The van der Waals surface area contributed by atoms with E-state index in [0.29, 0.717) is 32.9 Å². The first-order valence-corrected chi connectivity index (χ1v) is 5.68. The number of hydrogen-bond acceptors (Lipinski definition) is 4. The van der Waals surface area contributed by atoms with Gasteiger partial charge in [-0.3, -0.25) is 4.79 Å². The minimum absolute atomic E-state index is 0.00710. The first-order chi connectivity index (χ1) is 7.47. The zero-order valence-electron chi connectivity index (χ0n) is 10.3. The predicted molar refractivity (Wildman–Crippen MR) is 61.3 cm³/mol. The van der Waals surface area contributed by atoms with Crippen molar-refractivity contribution < 1.29 is 14.3 Å². The van der Waals surface area contributed by atoms with Gasteiger partial charge in [0.05, 0.1) is 32.5 Å². The van der Waals surface area contributed by atoms with Crippen LogP contribution >= 0.6 is 0 Å². The molecule has 0 saturated carbocycles. The van der Waals surface area contributed by atoms with Gasteiger partial charge in [-0.2, -0.15) is 0 Å². The lowest BCUT2D eigenvalue weighted by atomic mass is 10.1. The lowest BCUT2D eigenvalue weighted by molar-refractivity contribution is -0.123. The van der Waals surface area contributed by atoms with Crippen LogP contribution in [0.4, 0.5) is 0 Å². The van der Waals surface area contributed by atoms with Crippen molar-refractivity contribution in [3.05, 3.63) is 0 Å². The average Bonchev–Trinajstić information content (AvgIpc) is 2.24. The average molecular weight is 230 g/mol. The molecule has 5 nitrogen and oxygen atoms in total. The molecule has 0 aromatic rings. The highest BCUT2D eigenvalue weighted by molar-refractivity contribution is 5.78. The van der Waals surface area contributed by atoms with Gasteiger partial charge in [-0.05, 0) is 20.8 Å². The molecular weight excluding hydrogens is 208 g/mol. The Morgan fingerprint density at radius 1 is 1.38 bits per heavy atom. The van der Waals surface area contributed by atoms with Gasteiger partial charge in [0.15, 0.2) is 0 Å². The molecule has 1 fully saturated rings. The van der Waals surface area contributed by atoms with Gasteiger partial charge in [0.2, 0.25) is 5.91 Å². The molecule has 1 unspecified atom stereocenters. The number of nitrogens with one attached hydrogen (secondary N) is 2. The molecule has 0 aromatic carbocycles. The van der Waals surface area contributed by atoms with Gasteiger partial charge in [-0.25, -0.2) is 0 Å². The standard InChI is InChI=1S/C11H22N2O3/c1-11(2,3)13-7-10(14)12-6-9-8-15-4-5-16-9/h9,13H,4-8H2,1-3H3,(H,12,14). The largest absolute Gasteiger partial charge is 0.376 e. The van der Waals surface area contributed by atoms with Gasteiger partial charge in [0.1, 0.15) is 0 Å². The highest BCUT2D eigenvalue weighted by Crippen LogP contribution is 1.99. The SMILES string of the molecule is CC(C)(C)NCC(=O)NCC1COCCO1. The van der Waals surface area contributed by atoms with Crippen LogP contribution in [0.15, 0.2) is 0 Å². The Kier molecular flexibility index (Phi) is 5.18. The van der Waals surface area contributed by atoms with Crippen LogP contribution in [0.25, 0.3) is 0 Å². The summed E-state index contributed by atoms with van der Waals surface area (Å²) in [4.78, 5) is 11.5. The molecule has 1 heterocycles. The summed E-state index contributed by atoms with van der Waals surface area (Å²) in [6, 6.07) is 0. The molecule has 1 aliphatic rings. The van der Waals surface area contributed by atoms with Crippen molar-refractivity contribution in [2.75, 3.05) is 32.9 Å². The molecule has 1 aliphatic heterocycles. The van der Waals surface area contributed by atoms with Crippen molar-refractivity contribution in [3.8, 4) is 0 Å². The summed E-state index contributed by atoms with van der Waals surface area (Å²) in [5.41, 5.74) is -0.0399. The first kappa shape index (κ1) is 13.4. The second-order valence-electron chi connectivity index (χ2n) is 4.98. The summed E-state index contributed by atoms with van der Waals surface area (Å²) in [7, 11) is 0. The minimum atomic E-state index is -0.0399. The van der Waals surface area contributed by atoms with Crippen molar-refractivity contribution in [2.45, 2.75) is 32.4 Å². The molecule has 0 aromatic heterocycles. The van der Waals surface area contributed by atoms with E-state index < -0.39 is 0 Å². The third-order valence-electron chi connectivity index (χ3n) is 2.19. The van der Waals surface area contributed by atoms with E-state index in [2.05, 4.69) is 10.6 Å². The van der Waals surface area contributed by atoms with Crippen LogP contribution in [0.3, 0.4) is 0 Å². The molecule has 2 N–H and O–H groups in total. The fraction of sp³-hybridized carbons (Fsp3) is 0.909. The molecule has 5 heteroatoms. The van der Waals surface area contributed by atoms with E-state index in [1.807, 2.05) is 20.8 Å². The van der Waals surface area contributed by atoms with Crippen LogP contribution in [-0.4, -0.2) is 50.5 Å². The first-order valence-electron chi connectivity index (χ1n) is 5.68. The third-order valence-corrected chi connectivity index (χ3v) is 2.19. The summed E-state index contributed by atoms with van der Waals surface area (Å²) in [5.74, 6) is -0.0101.